The maximum Gasteiger partial charge on any atom is 0.114 e. The van der Waals surface area contributed by atoms with Crippen LogP contribution in [0.25, 0.3) is 0 Å². The molecule has 2 N–H and O–H groups in total. The molecule has 0 aromatic carbocycles. The Balaban J connectivity index is 2.12. The lowest BCUT2D eigenvalue weighted by Crippen LogP contribution is -2.42. The van der Waals surface area contributed by atoms with E-state index in [0.29, 0.717) is 6.04 Å². The normalized spacial score (nSPS) is 23.5. The minimum Gasteiger partial charge on any atom is -0.360 e. The summed E-state index contributed by atoms with van der Waals surface area (Å²) in [6.07, 6.45) is 4.30. The summed E-state index contributed by atoms with van der Waals surface area (Å²) in [6, 6.07) is 0.343. The summed E-state index contributed by atoms with van der Waals surface area (Å²) in [6.45, 7) is 4.23. The van der Waals surface area contributed by atoms with Crippen molar-refractivity contribution in [2.24, 2.45) is 5.73 Å². The van der Waals surface area contributed by atoms with E-state index in [4.69, 9.17) is 5.73 Å². The zero-order valence-corrected chi connectivity index (χ0v) is 8.68. The predicted octanol–water partition coefficient (Wildman–Crippen LogP) is 1.38. The van der Waals surface area contributed by atoms with Crippen LogP contribution in [-0.2, 0) is 0 Å². The van der Waals surface area contributed by atoms with Gasteiger partial charge in [-0.3, -0.25) is 0 Å². The summed E-state index contributed by atoms with van der Waals surface area (Å²) in [4.78, 5) is 2.36. The number of anilines is 1. The molecule has 0 radical (unpaired) electrons. The van der Waals surface area contributed by atoms with Gasteiger partial charge in [-0.2, -0.15) is 4.37 Å². The first-order valence-electron chi connectivity index (χ1n) is 4.69. The molecule has 1 aromatic heterocycles. The molecule has 4 heteroatoms. The second-order valence-electron chi connectivity index (χ2n) is 3.66. The number of aromatic nitrogens is 1. The summed E-state index contributed by atoms with van der Waals surface area (Å²) < 4.78 is 4.18. The molecule has 1 atom stereocenters. The summed E-state index contributed by atoms with van der Waals surface area (Å²) in [5, 5.41) is 1.30. The molecule has 1 unspecified atom stereocenters. The van der Waals surface area contributed by atoms with Crippen LogP contribution >= 0.6 is 11.5 Å². The molecule has 3 nitrogen and oxygen atoms in total. The number of hydrogen-bond acceptors (Lipinski definition) is 4. The number of nitrogens with two attached hydrogens (primary N) is 1. The Morgan fingerprint density at radius 3 is 3.15 bits per heavy atom. The van der Waals surface area contributed by atoms with E-state index in [9.17, 15) is 0 Å². The van der Waals surface area contributed by atoms with Crippen LogP contribution in [0.1, 0.15) is 18.4 Å². The number of rotatable bonds is 1. The van der Waals surface area contributed by atoms with Gasteiger partial charge in [-0.05, 0) is 31.3 Å². The SMILES string of the molecule is Cc1cnsc1N1CCCC(N)C1. The van der Waals surface area contributed by atoms with Crippen molar-refractivity contribution >= 4 is 16.5 Å². The average molecular weight is 197 g/mol. The summed E-state index contributed by atoms with van der Waals surface area (Å²) in [5.41, 5.74) is 7.20. The van der Waals surface area contributed by atoms with Crippen LogP contribution in [0.4, 0.5) is 5.00 Å². The molecule has 1 saturated heterocycles. The number of hydrogen-bond donors (Lipinski definition) is 1. The maximum atomic E-state index is 5.92. The monoisotopic (exact) mass is 197 g/mol. The smallest absolute Gasteiger partial charge is 0.114 e. The van der Waals surface area contributed by atoms with Crippen molar-refractivity contribution < 1.29 is 0 Å². The van der Waals surface area contributed by atoms with E-state index in [-0.39, 0.29) is 0 Å². The van der Waals surface area contributed by atoms with Gasteiger partial charge in [0, 0.05) is 30.9 Å². The fourth-order valence-corrected chi connectivity index (χ4v) is 2.57. The van der Waals surface area contributed by atoms with Crippen LogP contribution in [0.2, 0.25) is 0 Å². The van der Waals surface area contributed by atoms with Gasteiger partial charge in [-0.15, -0.1) is 0 Å². The van der Waals surface area contributed by atoms with E-state index >= 15 is 0 Å². The standard InChI is InChI=1S/C9H15N3S/c1-7-5-11-13-9(7)12-4-2-3-8(10)6-12/h5,8H,2-4,6,10H2,1H3. The van der Waals surface area contributed by atoms with E-state index in [0.717, 1.165) is 19.5 Å². The Kier molecular flexibility index (Phi) is 2.51. The molecule has 0 amide bonds. The maximum absolute atomic E-state index is 5.92. The fraction of sp³-hybridized carbons (Fsp3) is 0.667. The van der Waals surface area contributed by atoms with E-state index in [1.165, 1.54) is 17.0 Å². The lowest BCUT2D eigenvalue weighted by Gasteiger charge is -2.31. The highest BCUT2D eigenvalue weighted by Crippen LogP contribution is 2.26. The number of nitrogens with zero attached hydrogens (tertiary/aromatic N) is 2. The van der Waals surface area contributed by atoms with Crippen LogP contribution in [0.15, 0.2) is 6.20 Å². The van der Waals surface area contributed by atoms with E-state index in [1.807, 2.05) is 6.20 Å². The first-order chi connectivity index (χ1) is 6.27. The van der Waals surface area contributed by atoms with Gasteiger partial charge in [0.05, 0.1) is 0 Å². The highest BCUT2D eigenvalue weighted by atomic mass is 32.1. The number of aryl methyl sites for hydroxylation is 1. The van der Waals surface area contributed by atoms with Crippen LogP contribution in [-0.4, -0.2) is 23.5 Å². The summed E-state index contributed by atoms with van der Waals surface area (Å²) in [7, 11) is 0. The Morgan fingerprint density at radius 1 is 1.69 bits per heavy atom. The second-order valence-corrected chi connectivity index (χ2v) is 4.44. The van der Waals surface area contributed by atoms with Crippen molar-refractivity contribution in [3.8, 4) is 0 Å². The molecule has 13 heavy (non-hydrogen) atoms. The fourth-order valence-electron chi connectivity index (χ4n) is 1.78. The predicted molar refractivity (Wildman–Crippen MR) is 56.3 cm³/mol. The third-order valence-electron chi connectivity index (χ3n) is 2.47. The van der Waals surface area contributed by atoms with Gasteiger partial charge in [-0.1, -0.05) is 0 Å². The topological polar surface area (TPSA) is 42.2 Å². The first-order valence-corrected chi connectivity index (χ1v) is 5.46. The molecule has 0 saturated carbocycles. The molecule has 0 spiro atoms. The van der Waals surface area contributed by atoms with Gasteiger partial charge < -0.3 is 10.6 Å². The zero-order chi connectivity index (χ0) is 9.26. The van der Waals surface area contributed by atoms with Crippen molar-refractivity contribution in [1.82, 2.24) is 4.37 Å². The lowest BCUT2D eigenvalue weighted by atomic mass is 10.1. The Hall–Kier alpha value is -0.610. The first kappa shape index (κ1) is 8.97. The summed E-state index contributed by atoms with van der Waals surface area (Å²) in [5.74, 6) is 0. The molecule has 2 rings (SSSR count). The third kappa shape index (κ3) is 1.84. The number of piperidine rings is 1. The van der Waals surface area contributed by atoms with Crippen LogP contribution in [0.3, 0.4) is 0 Å². The zero-order valence-electron chi connectivity index (χ0n) is 7.86. The quantitative estimate of drug-likeness (QED) is 0.739. The molecule has 1 aliphatic heterocycles. The molecule has 1 aliphatic rings. The Morgan fingerprint density at radius 2 is 2.54 bits per heavy atom. The van der Waals surface area contributed by atoms with Gasteiger partial charge in [-0.25, -0.2) is 0 Å². The molecule has 72 valence electrons. The van der Waals surface area contributed by atoms with E-state index < -0.39 is 0 Å². The lowest BCUT2D eigenvalue weighted by molar-refractivity contribution is 0.507. The molecule has 2 heterocycles. The molecular formula is C9H15N3S. The van der Waals surface area contributed by atoms with Gasteiger partial charge >= 0.3 is 0 Å². The second kappa shape index (κ2) is 3.64. The molecule has 1 fully saturated rings. The van der Waals surface area contributed by atoms with Crippen molar-refractivity contribution in [3.63, 3.8) is 0 Å². The molecule has 0 aliphatic carbocycles. The molecule has 1 aromatic rings. The van der Waals surface area contributed by atoms with Crippen LogP contribution in [0.5, 0.6) is 0 Å². The van der Waals surface area contributed by atoms with Gasteiger partial charge in [0.1, 0.15) is 5.00 Å². The van der Waals surface area contributed by atoms with Crippen LogP contribution < -0.4 is 10.6 Å². The van der Waals surface area contributed by atoms with E-state index in [2.05, 4.69) is 16.2 Å². The van der Waals surface area contributed by atoms with Gasteiger partial charge in [0.25, 0.3) is 0 Å². The Labute approximate surface area is 82.7 Å². The highest BCUT2D eigenvalue weighted by molar-refractivity contribution is 7.10. The molecular weight excluding hydrogens is 182 g/mol. The van der Waals surface area contributed by atoms with Gasteiger partial charge in [0.15, 0.2) is 0 Å². The third-order valence-corrected chi connectivity index (χ3v) is 3.43. The van der Waals surface area contributed by atoms with Crippen molar-refractivity contribution in [2.45, 2.75) is 25.8 Å². The average Bonchev–Trinajstić information content (AvgIpc) is 2.51. The largest absolute Gasteiger partial charge is 0.360 e. The van der Waals surface area contributed by atoms with Gasteiger partial charge in [0.2, 0.25) is 0 Å². The minimum absolute atomic E-state index is 0.343. The van der Waals surface area contributed by atoms with E-state index in [1.54, 1.807) is 11.5 Å². The van der Waals surface area contributed by atoms with Crippen molar-refractivity contribution in [1.29, 1.82) is 0 Å². The highest BCUT2D eigenvalue weighted by Gasteiger charge is 2.19. The van der Waals surface area contributed by atoms with Crippen molar-refractivity contribution in [3.05, 3.63) is 11.8 Å². The Bertz CT molecular complexity index is 284. The summed E-state index contributed by atoms with van der Waals surface area (Å²) >= 11 is 1.58. The van der Waals surface area contributed by atoms with Crippen LogP contribution in [0, 0.1) is 6.92 Å². The minimum atomic E-state index is 0.343. The van der Waals surface area contributed by atoms with Crippen molar-refractivity contribution in [2.75, 3.05) is 18.0 Å². The molecule has 0 bridgehead atoms.